The number of hydrogen-bond acceptors (Lipinski definition) is 4. The smallest absolute Gasteiger partial charge is 0.243 e. The van der Waals surface area contributed by atoms with Crippen LogP contribution in [-0.4, -0.2) is 36.5 Å². The standard InChI is InChI=1S/C14H22N2O3S/c1-11(15)12-3-5-13(6-4-12)20(18,19)16-9-7-14(2,17)8-10-16/h3-6,11,17H,7-10,15H2,1-2H3. The molecular formula is C14H22N2O3S. The van der Waals surface area contributed by atoms with Crippen molar-refractivity contribution in [3.8, 4) is 0 Å². The van der Waals surface area contributed by atoms with E-state index in [9.17, 15) is 13.5 Å². The number of hydrogen-bond donors (Lipinski definition) is 2. The molecule has 1 aliphatic heterocycles. The lowest BCUT2D eigenvalue weighted by molar-refractivity contribution is 0.0126. The molecule has 0 spiro atoms. The second-order valence-corrected chi connectivity index (χ2v) is 7.70. The summed E-state index contributed by atoms with van der Waals surface area (Å²) in [6.07, 6.45) is 0.925. The summed E-state index contributed by atoms with van der Waals surface area (Å²) in [6.45, 7) is 4.30. The van der Waals surface area contributed by atoms with Crippen molar-refractivity contribution in [2.45, 2.75) is 43.2 Å². The lowest BCUT2D eigenvalue weighted by atomic mass is 9.95. The average Bonchev–Trinajstić information content (AvgIpc) is 2.38. The molecule has 1 aliphatic rings. The monoisotopic (exact) mass is 298 g/mol. The van der Waals surface area contributed by atoms with E-state index in [4.69, 9.17) is 5.73 Å². The van der Waals surface area contributed by atoms with Crippen LogP contribution in [0, 0.1) is 0 Å². The van der Waals surface area contributed by atoms with E-state index in [-0.39, 0.29) is 10.9 Å². The Balaban J connectivity index is 2.18. The van der Waals surface area contributed by atoms with Crippen molar-refractivity contribution >= 4 is 10.0 Å². The van der Waals surface area contributed by atoms with Crippen LogP contribution in [0.15, 0.2) is 29.2 Å². The Morgan fingerprint density at radius 1 is 1.25 bits per heavy atom. The Labute approximate surface area is 120 Å². The Morgan fingerprint density at radius 3 is 2.20 bits per heavy atom. The highest BCUT2D eigenvalue weighted by Gasteiger charge is 2.33. The van der Waals surface area contributed by atoms with Crippen LogP contribution in [0.3, 0.4) is 0 Å². The van der Waals surface area contributed by atoms with Crippen molar-refractivity contribution in [2.75, 3.05) is 13.1 Å². The van der Waals surface area contributed by atoms with E-state index < -0.39 is 15.6 Å². The molecule has 1 fully saturated rings. The third-order valence-corrected chi connectivity index (χ3v) is 5.76. The van der Waals surface area contributed by atoms with E-state index >= 15 is 0 Å². The fourth-order valence-corrected chi connectivity index (χ4v) is 3.74. The van der Waals surface area contributed by atoms with Gasteiger partial charge in [-0.1, -0.05) is 12.1 Å². The predicted molar refractivity (Wildman–Crippen MR) is 77.7 cm³/mol. The highest BCUT2D eigenvalue weighted by Crippen LogP contribution is 2.26. The van der Waals surface area contributed by atoms with Crippen molar-refractivity contribution in [3.05, 3.63) is 29.8 Å². The Bertz CT molecular complexity index is 555. The molecule has 0 amide bonds. The fraction of sp³-hybridized carbons (Fsp3) is 0.571. The summed E-state index contributed by atoms with van der Waals surface area (Å²) in [4.78, 5) is 0.281. The van der Waals surface area contributed by atoms with Crippen LogP contribution in [0.25, 0.3) is 0 Å². The normalized spacial score (nSPS) is 21.6. The minimum Gasteiger partial charge on any atom is -0.390 e. The van der Waals surface area contributed by atoms with Gasteiger partial charge in [-0.15, -0.1) is 0 Å². The molecule has 0 bridgehead atoms. The van der Waals surface area contributed by atoms with E-state index in [1.54, 1.807) is 31.2 Å². The molecule has 6 heteroatoms. The van der Waals surface area contributed by atoms with Crippen molar-refractivity contribution in [1.29, 1.82) is 0 Å². The summed E-state index contributed by atoms with van der Waals surface area (Å²) in [7, 11) is -3.47. The van der Waals surface area contributed by atoms with Gasteiger partial charge in [0.2, 0.25) is 10.0 Å². The number of rotatable bonds is 3. The third kappa shape index (κ3) is 3.20. The minimum absolute atomic E-state index is 0.114. The molecule has 0 radical (unpaired) electrons. The van der Waals surface area contributed by atoms with Crippen LogP contribution in [0.5, 0.6) is 0 Å². The van der Waals surface area contributed by atoms with Gasteiger partial charge in [0.05, 0.1) is 10.5 Å². The lowest BCUT2D eigenvalue weighted by Crippen LogP contribution is -2.45. The van der Waals surface area contributed by atoms with Crippen LogP contribution < -0.4 is 5.73 Å². The van der Waals surface area contributed by atoms with Gasteiger partial charge in [0, 0.05) is 19.1 Å². The zero-order valence-corrected chi connectivity index (χ0v) is 12.7. The largest absolute Gasteiger partial charge is 0.390 e. The predicted octanol–water partition coefficient (Wildman–Crippen LogP) is 1.24. The fourth-order valence-electron chi connectivity index (χ4n) is 2.30. The first-order chi connectivity index (χ1) is 9.22. The molecule has 1 aromatic carbocycles. The van der Waals surface area contributed by atoms with Gasteiger partial charge in [-0.2, -0.15) is 4.31 Å². The molecular weight excluding hydrogens is 276 g/mol. The quantitative estimate of drug-likeness (QED) is 0.879. The molecule has 1 atom stereocenters. The molecule has 0 aromatic heterocycles. The number of benzene rings is 1. The summed E-state index contributed by atoms with van der Waals surface area (Å²) >= 11 is 0. The van der Waals surface area contributed by atoms with E-state index in [1.165, 1.54) is 4.31 Å². The van der Waals surface area contributed by atoms with Crippen molar-refractivity contribution in [1.82, 2.24) is 4.31 Å². The number of nitrogens with two attached hydrogens (primary N) is 1. The van der Waals surface area contributed by atoms with Gasteiger partial charge in [0.1, 0.15) is 0 Å². The lowest BCUT2D eigenvalue weighted by Gasteiger charge is -2.35. The third-order valence-electron chi connectivity index (χ3n) is 3.84. The summed E-state index contributed by atoms with van der Waals surface area (Å²) in [5.74, 6) is 0. The van der Waals surface area contributed by atoms with E-state index in [2.05, 4.69) is 0 Å². The number of nitrogens with zero attached hydrogens (tertiary/aromatic N) is 1. The Hall–Kier alpha value is -0.950. The van der Waals surface area contributed by atoms with Gasteiger partial charge >= 0.3 is 0 Å². The zero-order valence-electron chi connectivity index (χ0n) is 11.9. The van der Waals surface area contributed by atoms with Gasteiger partial charge in [-0.3, -0.25) is 0 Å². The van der Waals surface area contributed by atoms with Crippen LogP contribution in [0.4, 0.5) is 0 Å². The highest BCUT2D eigenvalue weighted by molar-refractivity contribution is 7.89. The molecule has 1 aromatic rings. The minimum atomic E-state index is -3.47. The van der Waals surface area contributed by atoms with Crippen LogP contribution in [-0.2, 0) is 10.0 Å². The second kappa shape index (κ2) is 5.44. The van der Waals surface area contributed by atoms with Crippen LogP contribution in [0.1, 0.15) is 38.3 Å². The number of piperidine rings is 1. The highest BCUT2D eigenvalue weighted by atomic mass is 32.2. The maximum absolute atomic E-state index is 12.5. The first kappa shape index (κ1) is 15.4. The van der Waals surface area contributed by atoms with E-state index in [1.807, 2.05) is 6.92 Å². The summed E-state index contributed by atoms with van der Waals surface area (Å²) in [5, 5.41) is 9.89. The zero-order chi connectivity index (χ0) is 15.0. The molecule has 2 rings (SSSR count). The maximum atomic E-state index is 12.5. The van der Waals surface area contributed by atoms with Gasteiger partial charge < -0.3 is 10.8 Å². The number of aliphatic hydroxyl groups is 1. The summed E-state index contributed by atoms with van der Waals surface area (Å²) in [6, 6.07) is 6.58. The molecule has 0 aliphatic carbocycles. The topological polar surface area (TPSA) is 83.6 Å². The molecule has 1 saturated heterocycles. The van der Waals surface area contributed by atoms with Crippen molar-refractivity contribution in [3.63, 3.8) is 0 Å². The van der Waals surface area contributed by atoms with Crippen LogP contribution >= 0.6 is 0 Å². The molecule has 3 N–H and O–H groups in total. The van der Waals surface area contributed by atoms with Gasteiger partial charge in [0.15, 0.2) is 0 Å². The Morgan fingerprint density at radius 2 is 1.75 bits per heavy atom. The van der Waals surface area contributed by atoms with E-state index in [0.717, 1.165) is 5.56 Å². The maximum Gasteiger partial charge on any atom is 0.243 e. The molecule has 112 valence electrons. The molecule has 20 heavy (non-hydrogen) atoms. The first-order valence-electron chi connectivity index (χ1n) is 6.80. The molecule has 0 saturated carbocycles. The van der Waals surface area contributed by atoms with Crippen molar-refractivity contribution < 1.29 is 13.5 Å². The first-order valence-corrected chi connectivity index (χ1v) is 8.24. The average molecular weight is 298 g/mol. The molecule has 1 unspecified atom stereocenters. The summed E-state index contributed by atoms with van der Waals surface area (Å²) < 4.78 is 26.4. The number of sulfonamides is 1. The molecule has 5 nitrogen and oxygen atoms in total. The summed E-state index contributed by atoms with van der Waals surface area (Å²) in [5.41, 5.74) is 5.91. The molecule has 1 heterocycles. The van der Waals surface area contributed by atoms with Crippen LogP contribution in [0.2, 0.25) is 0 Å². The van der Waals surface area contributed by atoms with Crippen molar-refractivity contribution in [2.24, 2.45) is 5.73 Å². The van der Waals surface area contributed by atoms with E-state index in [0.29, 0.717) is 25.9 Å². The van der Waals surface area contributed by atoms with Gasteiger partial charge in [0.25, 0.3) is 0 Å². The second-order valence-electron chi connectivity index (χ2n) is 5.76. The van der Waals surface area contributed by atoms with Gasteiger partial charge in [-0.25, -0.2) is 8.42 Å². The van der Waals surface area contributed by atoms with Gasteiger partial charge in [-0.05, 0) is 44.4 Å². The Kier molecular flexibility index (Phi) is 4.20. The SMILES string of the molecule is CC(N)c1ccc(S(=O)(=O)N2CCC(C)(O)CC2)cc1.